The smallest absolute Gasteiger partial charge is 0.115 e. The van der Waals surface area contributed by atoms with Crippen molar-refractivity contribution in [2.24, 2.45) is 5.92 Å². The minimum Gasteiger partial charge on any atom is -0.314 e. The number of aromatic nitrogens is 1. The molecule has 2 nitrogen and oxygen atoms in total. The Bertz CT molecular complexity index is 386. The molecule has 1 N–H and O–H groups in total. The molecule has 0 aromatic carbocycles. The van der Waals surface area contributed by atoms with Crippen LogP contribution in [0.15, 0.2) is 23.4 Å². The highest BCUT2D eigenvalue weighted by Gasteiger charge is 2.26. The third-order valence-electron chi connectivity index (χ3n) is 3.77. The summed E-state index contributed by atoms with van der Waals surface area (Å²) < 4.78 is 0. The summed E-state index contributed by atoms with van der Waals surface area (Å²) in [5, 5.41) is 5.44. The highest BCUT2D eigenvalue weighted by molar-refractivity contribution is 7.99. The number of hydrogen-bond donors (Lipinski definition) is 1. The van der Waals surface area contributed by atoms with Crippen LogP contribution in [0.3, 0.4) is 0 Å². The Morgan fingerprint density at radius 3 is 3.16 bits per heavy atom. The zero-order valence-electron chi connectivity index (χ0n) is 11.6. The van der Waals surface area contributed by atoms with Gasteiger partial charge in [0.15, 0.2) is 0 Å². The fourth-order valence-corrected chi connectivity index (χ4v) is 4.01. The van der Waals surface area contributed by atoms with Crippen molar-refractivity contribution in [1.82, 2.24) is 10.3 Å². The number of nitrogens with zero attached hydrogens (tertiary/aromatic N) is 1. The predicted molar refractivity (Wildman–Crippen MR) is 84.0 cm³/mol. The summed E-state index contributed by atoms with van der Waals surface area (Å²) in [6.07, 6.45) is 8.40. The van der Waals surface area contributed by atoms with Gasteiger partial charge in [0.1, 0.15) is 5.03 Å². The van der Waals surface area contributed by atoms with Crippen LogP contribution in [-0.4, -0.2) is 23.3 Å². The van der Waals surface area contributed by atoms with E-state index < -0.39 is 0 Å². The number of nitrogens with one attached hydrogen (secondary N) is 1. The monoisotopic (exact) mass is 298 g/mol. The lowest BCUT2D eigenvalue weighted by molar-refractivity contribution is 0.393. The Labute approximate surface area is 125 Å². The van der Waals surface area contributed by atoms with Crippen molar-refractivity contribution in [2.45, 2.75) is 50.1 Å². The van der Waals surface area contributed by atoms with E-state index in [2.05, 4.69) is 17.2 Å². The fourth-order valence-electron chi connectivity index (χ4n) is 2.77. The lowest BCUT2D eigenvalue weighted by atomic mass is 10.0. The van der Waals surface area contributed by atoms with Gasteiger partial charge in [-0.3, -0.25) is 0 Å². The molecule has 1 saturated carbocycles. The molecule has 106 valence electrons. The summed E-state index contributed by atoms with van der Waals surface area (Å²) in [7, 11) is 0. The SMILES string of the molecule is CCCNC1CCCC1CCSc1ncccc1Cl. The second-order valence-corrected chi connectivity index (χ2v) is 6.67. The zero-order valence-corrected chi connectivity index (χ0v) is 13.1. The predicted octanol–water partition coefficient (Wildman–Crippen LogP) is 4.39. The van der Waals surface area contributed by atoms with E-state index in [0.717, 1.165) is 34.3 Å². The highest BCUT2D eigenvalue weighted by Crippen LogP contribution is 2.32. The summed E-state index contributed by atoms with van der Waals surface area (Å²) in [5.41, 5.74) is 0. The summed E-state index contributed by atoms with van der Waals surface area (Å²) in [5.74, 6) is 1.95. The Balaban J connectivity index is 1.74. The Morgan fingerprint density at radius 1 is 1.47 bits per heavy atom. The van der Waals surface area contributed by atoms with E-state index in [4.69, 9.17) is 11.6 Å². The van der Waals surface area contributed by atoms with Crippen LogP contribution < -0.4 is 5.32 Å². The topological polar surface area (TPSA) is 24.9 Å². The van der Waals surface area contributed by atoms with Gasteiger partial charge in [0.05, 0.1) is 5.02 Å². The van der Waals surface area contributed by atoms with E-state index >= 15 is 0 Å². The van der Waals surface area contributed by atoms with Crippen LogP contribution in [-0.2, 0) is 0 Å². The van der Waals surface area contributed by atoms with E-state index in [0.29, 0.717) is 0 Å². The van der Waals surface area contributed by atoms with Gasteiger partial charge in [-0.15, -0.1) is 11.8 Å². The Hall–Kier alpha value is -0.250. The van der Waals surface area contributed by atoms with Crippen LogP contribution in [0.1, 0.15) is 39.0 Å². The number of rotatable bonds is 7. The van der Waals surface area contributed by atoms with E-state index in [1.165, 1.54) is 32.1 Å². The van der Waals surface area contributed by atoms with Gasteiger partial charge in [-0.1, -0.05) is 24.9 Å². The first kappa shape index (κ1) is 15.1. The zero-order chi connectivity index (χ0) is 13.5. The van der Waals surface area contributed by atoms with Crippen LogP contribution in [0, 0.1) is 5.92 Å². The molecule has 1 aliphatic carbocycles. The maximum atomic E-state index is 6.12. The molecule has 2 atom stereocenters. The number of pyridine rings is 1. The normalized spacial score (nSPS) is 22.8. The lowest BCUT2D eigenvalue weighted by Gasteiger charge is -2.20. The average molecular weight is 299 g/mol. The second kappa shape index (κ2) is 8.13. The maximum Gasteiger partial charge on any atom is 0.115 e. The molecule has 19 heavy (non-hydrogen) atoms. The molecule has 1 fully saturated rings. The molecule has 1 aliphatic rings. The van der Waals surface area contributed by atoms with E-state index in [9.17, 15) is 0 Å². The van der Waals surface area contributed by atoms with Crippen LogP contribution in [0.25, 0.3) is 0 Å². The van der Waals surface area contributed by atoms with Crippen molar-refractivity contribution in [3.63, 3.8) is 0 Å². The first-order valence-corrected chi connectivity index (χ1v) is 8.64. The molecule has 0 bridgehead atoms. The molecular formula is C15H23ClN2S. The molecule has 2 rings (SSSR count). The van der Waals surface area contributed by atoms with Gasteiger partial charge in [0.2, 0.25) is 0 Å². The van der Waals surface area contributed by atoms with Crippen LogP contribution >= 0.6 is 23.4 Å². The van der Waals surface area contributed by atoms with Crippen molar-refractivity contribution in [1.29, 1.82) is 0 Å². The molecule has 0 aliphatic heterocycles. The first-order valence-electron chi connectivity index (χ1n) is 7.28. The molecule has 1 heterocycles. The number of thioether (sulfide) groups is 1. The first-order chi connectivity index (χ1) is 9.31. The van der Waals surface area contributed by atoms with Gasteiger partial charge in [0.25, 0.3) is 0 Å². The Morgan fingerprint density at radius 2 is 2.37 bits per heavy atom. The summed E-state index contributed by atoms with van der Waals surface area (Å²) in [4.78, 5) is 4.33. The maximum absolute atomic E-state index is 6.12. The third-order valence-corrected chi connectivity index (χ3v) is 5.22. The third kappa shape index (κ3) is 4.66. The standard InChI is InChI=1S/C15H23ClN2S/c1-2-9-17-14-7-3-5-12(14)8-11-19-15-13(16)6-4-10-18-15/h4,6,10,12,14,17H,2-3,5,7-9,11H2,1H3. The van der Waals surface area contributed by atoms with Gasteiger partial charge in [0, 0.05) is 12.2 Å². The summed E-state index contributed by atoms with van der Waals surface area (Å²) in [6, 6.07) is 4.53. The van der Waals surface area contributed by atoms with Crippen LogP contribution in [0.2, 0.25) is 5.02 Å². The second-order valence-electron chi connectivity index (χ2n) is 5.18. The van der Waals surface area contributed by atoms with Gasteiger partial charge < -0.3 is 5.32 Å². The number of halogens is 1. The summed E-state index contributed by atoms with van der Waals surface area (Å²) >= 11 is 7.91. The average Bonchev–Trinajstić information content (AvgIpc) is 2.86. The molecule has 0 spiro atoms. The minimum absolute atomic E-state index is 0.736. The minimum atomic E-state index is 0.736. The summed E-state index contributed by atoms with van der Waals surface area (Å²) in [6.45, 7) is 3.39. The van der Waals surface area contributed by atoms with Gasteiger partial charge in [-0.25, -0.2) is 4.98 Å². The van der Waals surface area contributed by atoms with Gasteiger partial charge in [-0.2, -0.15) is 0 Å². The lowest BCUT2D eigenvalue weighted by Crippen LogP contribution is -2.33. The van der Waals surface area contributed by atoms with Crippen molar-refractivity contribution >= 4 is 23.4 Å². The van der Waals surface area contributed by atoms with E-state index in [1.807, 2.05) is 18.3 Å². The fraction of sp³-hybridized carbons (Fsp3) is 0.667. The highest BCUT2D eigenvalue weighted by atomic mass is 35.5. The molecular weight excluding hydrogens is 276 g/mol. The molecule has 1 aromatic heterocycles. The van der Waals surface area contributed by atoms with E-state index in [1.54, 1.807) is 11.8 Å². The largest absolute Gasteiger partial charge is 0.314 e. The van der Waals surface area contributed by atoms with Gasteiger partial charge >= 0.3 is 0 Å². The number of hydrogen-bond acceptors (Lipinski definition) is 3. The van der Waals surface area contributed by atoms with Crippen molar-refractivity contribution in [2.75, 3.05) is 12.3 Å². The van der Waals surface area contributed by atoms with Crippen LogP contribution in [0.5, 0.6) is 0 Å². The Kier molecular flexibility index (Phi) is 6.48. The van der Waals surface area contributed by atoms with Crippen molar-refractivity contribution < 1.29 is 0 Å². The molecule has 4 heteroatoms. The van der Waals surface area contributed by atoms with Crippen molar-refractivity contribution in [3.8, 4) is 0 Å². The molecule has 0 radical (unpaired) electrons. The van der Waals surface area contributed by atoms with Crippen molar-refractivity contribution in [3.05, 3.63) is 23.4 Å². The molecule has 1 aromatic rings. The molecule has 0 saturated heterocycles. The quantitative estimate of drug-likeness (QED) is 0.756. The van der Waals surface area contributed by atoms with Gasteiger partial charge in [-0.05, 0) is 56.0 Å². The molecule has 2 unspecified atom stereocenters. The van der Waals surface area contributed by atoms with E-state index in [-0.39, 0.29) is 0 Å². The molecule has 0 amide bonds. The van der Waals surface area contributed by atoms with Crippen LogP contribution in [0.4, 0.5) is 0 Å².